The molecule has 2 aliphatic heterocycles. The van der Waals surface area contributed by atoms with Gasteiger partial charge in [-0.1, -0.05) is 11.6 Å². The second-order valence-corrected chi connectivity index (χ2v) is 12.1. The van der Waals surface area contributed by atoms with E-state index in [1.807, 2.05) is 25.8 Å². The highest BCUT2D eigenvalue weighted by Crippen LogP contribution is 2.46. The molecule has 244 valence electrons. The molecule has 0 aromatic carbocycles. The quantitative estimate of drug-likeness (QED) is 0.250. The highest BCUT2D eigenvalue weighted by atomic mass is 35.5. The molecular formula is C30H32ClF4N9O2. The first-order chi connectivity index (χ1) is 21.7. The third-order valence-corrected chi connectivity index (χ3v) is 8.72. The number of likely N-dealkylation sites (tertiary alicyclic amines) is 1. The van der Waals surface area contributed by atoms with E-state index in [1.54, 1.807) is 6.07 Å². The summed E-state index contributed by atoms with van der Waals surface area (Å²) >= 11 is 6.27. The zero-order valence-corrected chi connectivity index (χ0v) is 26.2. The third-order valence-electron chi connectivity index (χ3n) is 8.51. The molecular weight excluding hydrogens is 630 g/mol. The summed E-state index contributed by atoms with van der Waals surface area (Å²) in [4.78, 5) is 25.3. The second-order valence-electron chi connectivity index (χ2n) is 11.6. The minimum absolute atomic E-state index is 0.00840. The Labute approximate surface area is 266 Å². The maximum atomic E-state index is 16.7. The van der Waals surface area contributed by atoms with Gasteiger partial charge < -0.3 is 30.7 Å². The molecule has 2 aliphatic rings. The van der Waals surface area contributed by atoms with Crippen molar-refractivity contribution in [3.8, 4) is 23.1 Å². The van der Waals surface area contributed by atoms with Crippen molar-refractivity contribution in [2.75, 3.05) is 43.2 Å². The predicted molar refractivity (Wildman–Crippen MR) is 165 cm³/mol. The number of halogens is 5. The number of aryl methyl sites for hydroxylation is 1. The first-order valence-electron chi connectivity index (χ1n) is 14.7. The Hall–Kier alpha value is -4.24. The van der Waals surface area contributed by atoms with Crippen LogP contribution in [0.1, 0.15) is 49.6 Å². The van der Waals surface area contributed by atoms with Crippen LogP contribution in [-0.2, 0) is 6.18 Å². The molecule has 6 heterocycles. The molecule has 0 unspecified atom stereocenters. The van der Waals surface area contributed by atoms with E-state index in [4.69, 9.17) is 37.5 Å². The molecule has 3 atom stereocenters. The van der Waals surface area contributed by atoms with Crippen LogP contribution < -0.4 is 25.8 Å². The average molecular weight is 662 g/mol. The Bertz CT molecular complexity index is 1830. The summed E-state index contributed by atoms with van der Waals surface area (Å²) in [6.07, 6.45) is -1.58. The molecule has 16 heteroatoms. The number of alkyl halides is 3. The number of nitrogen functional groups attached to an aromatic ring is 2. The molecule has 11 nitrogen and oxygen atoms in total. The maximum Gasteiger partial charge on any atom is 0.418 e. The predicted octanol–water partition coefficient (Wildman–Crippen LogP) is 5.59. The van der Waals surface area contributed by atoms with Crippen molar-refractivity contribution in [3.05, 3.63) is 46.0 Å². The Kier molecular flexibility index (Phi) is 8.17. The highest BCUT2D eigenvalue weighted by Gasteiger charge is 2.40. The minimum atomic E-state index is -4.89. The molecule has 4 aromatic rings. The maximum absolute atomic E-state index is 16.7. The van der Waals surface area contributed by atoms with Crippen LogP contribution in [0.2, 0.25) is 5.02 Å². The molecule has 0 saturated carbocycles. The number of aromatic nitrogens is 5. The normalized spacial score (nSPS) is 19.3. The fourth-order valence-corrected chi connectivity index (χ4v) is 6.41. The van der Waals surface area contributed by atoms with Gasteiger partial charge in [-0.3, -0.25) is 0 Å². The van der Waals surface area contributed by atoms with Gasteiger partial charge in [0.1, 0.15) is 47.3 Å². The SMILES string of the molecule is Cc1nc(N)cc(-c2nc3c4c(nc(OC[C@@H]5CCCN5C)nc4c2F)N([C@H](C)c2cc(Cl)cnc2N)[C@@H](C)CO3)c1C(F)(F)F. The van der Waals surface area contributed by atoms with E-state index in [0.717, 1.165) is 32.4 Å². The van der Waals surface area contributed by atoms with Crippen molar-refractivity contribution >= 4 is 40.0 Å². The van der Waals surface area contributed by atoms with Crippen LogP contribution in [-0.4, -0.2) is 68.7 Å². The van der Waals surface area contributed by atoms with Crippen molar-refractivity contribution in [3.63, 3.8) is 0 Å². The van der Waals surface area contributed by atoms with Gasteiger partial charge in [0.2, 0.25) is 5.88 Å². The molecule has 0 aliphatic carbocycles. The summed E-state index contributed by atoms with van der Waals surface area (Å²) in [5.74, 6) is -1.08. The zero-order chi connectivity index (χ0) is 33.1. The number of anilines is 3. The van der Waals surface area contributed by atoms with Crippen LogP contribution in [0.3, 0.4) is 0 Å². The van der Waals surface area contributed by atoms with Crippen LogP contribution in [0.25, 0.3) is 22.2 Å². The fraction of sp³-hybridized carbons (Fsp3) is 0.433. The molecule has 0 bridgehead atoms. The van der Waals surface area contributed by atoms with Crippen LogP contribution in [0.15, 0.2) is 18.3 Å². The van der Waals surface area contributed by atoms with Gasteiger partial charge in [-0.15, -0.1) is 0 Å². The first kappa shape index (κ1) is 31.7. The highest BCUT2D eigenvalue weighted by molar-refractivity contribution is 6.30. The van der Waals surface area contributed by atoms with Gasteiger partial charge in [-0.2, -0.15) is 23.1 Å². The van der Waals surface area contributed by atoms with Gasteiger partial charge >= 0.3 is 12.2 Å². The smallest absolute Gasteiger partial charge is 0.418 e. The minimum Gasteiger partial charge on any atom is -0.475 e. The number of nitrogens with two attached hydrogens (primary N) is 2. The summed E-state index contributed by atoms with van der Waals surface area (Å²) in [7, 11) is 1.98. The van der Waals surface area contributed by atoms with Crippen molar-refractivity contribution in [2.24, 2.45) is 0 Å². The van der Waals surface area contributed by atoms with E-state index >= 15 is 4.39 Å². The van der Waals surface area contributed by atoms with Gasteiger partial charge in [-0.05, 0) is 59.3 Å². The molecule has 46 heavy (non-hydrogen) atoms. The monoisotopic (exact) mass is 661 g/mol. The number of rotatable bonds is 6. The molecule has 1 fully saturated rings. The molecule has 4 aromatic heterocycles. The Morgan fingerprint density at radius 3 is 2.63 bits per heavy atom. The number of nitrogens with zero attached hydrogens (tertiary/aromatic N) is 7. The molecule has 0 radical (unpaired) electrons. The lowest BCUT2D eigenvalue weighted by Crippen LogP contribution is -2.39. The van der Waals surface area contributed by atoms with Crippen LogP contribution in [0.5, 0.6) is 11.9 Å². The number of hydrogen-bond acceptors (Lipinski definition) is 11. The number of hydrogen-bond donors (Lipinski definition) is 2. The lowest BCUT2D eigenvalue weighted by atomic mass is 10.0. The summed E-state index contributed by atoms with van der Waals surface area (Å²) in [6.45, 7) is 5.98. The van der Waals surface area contributed by atoms with Crippen LogP contribution in [0.4, 0.5) is 35.0 Å². The standard InChI is InChI=1S/C30H32ClF4N9O2/c1-13-11-45-28-21-25(23(32)24(40-28)19-9-20(36)39-14(2)22(19)30(33,34)35)41-29(46-12-17-6-5-7-43(17)4)42-27(21)44(13)15(3)18-8-16(31)10-38-26(18)37/h8-10,13,15,17H,5-7,11-12H2,1-4H3,(H2,36,39)(H2,37,38)/t13-,15+,17-/m0/s1. The largest absolute Gasteiger partial charge is 0.475 e. The van der Waals surface area contributed by atoms with E-state index in [9.17, 15) is 13.2 Å². The lowest BCUT2D eigenvalue weighted by molar-refractivity contribution is -0.137. The Morgan fingerprint density at radius 2 is 1.93 bits per heavy atom. The van der Waals surface area contributed by atoms with Gasteiger partial charge in [0, 0.05) is 23.4 Å². The second kappa shape index (κ2) is 11.8. The van der Waals surface area contributed by atoms with Crippen molar-refractivity contribution in [1.82, 2.24) is 29.8 Å². The number of ether oxygens (including phenoxy) is 2. The van der Waals surface area contributed by atoms with Crippen molar-refractivity contribution in [1.29, 1.82) is 0 Å². The van der Waals surface area contributed by atoms with Gasteiger partial charge in [-0.25, -0.2) is 19.3 Å². The Balaban J connectivity index is 1.60. The molecule has 1 saturated heterocycles. The molecule has 4 N–H and O–H groups in total. The summed E-state index contributed by atoms with van der Waals surface area (Å²) in [5.41, 5.74) is 9.51. The number of pyridine rings is 3. The molecule has 0 spiro atoms. The zero-order valence-electron chi connectivity index (χ0n) is 25.5. The fourth-order valence-electron chi connectivity index (χ4n) is 6.24. The summed E-state index contributed by atoms with van der Waals surface area (Å²) < 4.78 is 71.8. The van der Waals surface area contributed by atoms with Gasteiger partial charge in [0.15, 0.2) is 5.82 Å². The van der Waals surface area contributed by atoms with E-state index in [2.05, 4.69) is 24.8 Å². The summed E-state index contributed by atoms with van der Waals surface area (Å²) in [6, 6.07) is 1.60. The van der Waals surface area contributed by atoms with E-state index in [-0.39, 0.29) is 59.5 Å². The summed E-state index contributed by atoms with van der Waals surface area (Å²) in [5, 5.41) is 0.418. The average Bonchev–Trinajstić information content (AvgIpc) is 3.33. The van der Waals surface area contributed by atoms with Crippen molar-refractivity contribution < 1.29 is 27.0 Å². The topological polar surface area (TPSA) is 141 Å². The van der Waals surface area contributed by atoms with E-state index < -0.39 is 46.6 Å². The van der Waals surface area contributed by atoms with E-state index in [1.165, 1.54) is 6.20 Å². The van der Waals surface area contributed by atoms with Crippen molar-refractivity contribution in [2.45, 2.75) is 57.9 Å². The van der Waals surface area contributed by atoms with Gasteiger partial charge in [0.25, 0.3) is 0 Å². The van der Waals surface area contributed by atoms with E-state index in [0.29, 0.717) is 10.6 Å². The van der Waals surface area contributed by atoms with Gasteiger partial charge in [0.05, 0.1) is 28.4 Å². The number of likely N-dealkylation sites (N-methyl/N-ethyl adjacent to an activating group) is 1. The Morgan fingerprint density at radius 1 is 1.17 bits per heavy atom. The van der Waals surface area contributed by atoms with Crippen LogP contribution >= 0.6 is 11.6 Å². The molecule has 6 rings (SSSR count). The van der Waals surface area contributed by atoms with Crippen LogP contribution in [0, 0.1) is 12.7 Å². The lowest BCUT2D eigenvalue weighted by Gasteiger charge is -2.35. The third kappa shape index (κ3) is 5.66. The molecule has 0 amide bonds. The first-order valence-corrected chi connectivity index (χ1v) is 15.0.